The highest BCUT2D eigenvalue weighted by Crippen LogP contribution is 2.43. The van der Waals surface area contributed by atoms with Gasteiger partial charge in [-0.15, -0.1) is 0 Å². The number of nitrogens with zero attached hydrogens (tertiary/aromatic N) is 2. The first-order valence-electron chi connectivity index (χ1n) is 9.92. The minimum absolute atomic E-state index is 0.145. The molecule has 0 aliphatic carbocycles. The number of rotatable bonds is 6. The van der Waals surface area contributed by atoms with Crippen LogP contribution in [-0.4, -0.2) is 30.8 Å². The molecule has 0 spiro atoms. The summed E-state index contributed by atoms with van der Waals surface area (Å²) in [5.74, 6) is 0.599. The van der Waals surface area contributed by atoms with Crippen LogP contribution < -0.4 is 15.1 Å². The van der Waals surface area contributed by atoms with Crippen molar-refractivity contribution in [3.8, 4) is 5.75 Å². The van der Waals surface area contributed by atoms with E-state index < -0.39 is 0 Å². The number of carbonyl (C=O) groups is 1. The quantitative estimate of drug-likeness (QED) is 0.536. The van der Waals surface area contributed by atoms with Gasteiger partial charge in [-0.3, -0.25) is 4.79 Å². The number of para-hydroxylation sites is 1. The highest BCUT2D eigenvalue weighted by atomic mass is 35.5. The molecule has 154 valence electrons. The van der Waals surface area contributed by atoms with Crippen molar-refractivity contribution in [2.75, 3.05) is 18.1 Å². The number of anilines is 1. The Labute approximate surface area is 177 Å². The molecule has 0 radical (unpaired) electrons. The summed E-state index contributed by atoms with van der Waals surface area (Å²) in [6.07, 6.45) is 2.76. The average Bonchev–Trinajstić information content (AvgIpc) is 2.67. The fraction of sp³-hybridized carbons (Fsp3) is 0.391. The molecule has 1 aliphatic rings. The third kappa shape index (κ3) is 4.91. The van der Waals surface area contributed by atoms with Crippen molar-refractivity contribution in [2.45, 2.75) is 45.6 Å². The Hall–Kier alpha value is -2.53. The Kier molecular flexibility index (Phi) is 6.48. The van der Waals surface area contributed by atoms with Gasteiger partial charge in [0.1, 0.15) is 5.75 Å². The first-order chi connectivity index (χ1) is 13.8. The molecule has 1 N–H and O–H groups in total. The van der Waals surface area contributed by atoms with Crippen molar-refractivity contribution in [1.29, 1.82) is 0 Å². The number of hydrogen-bond acceptors (Lipinski definition) is 4. The van der Waals surface area contributed by atoms with Gasteiger partial charge in [0, 0.05) is 17.8 Å². The summed E-state index contributed by atoms with van der Waals surface area (Å²) < 4.78 is 5.41. The molecule has 3 rings (SSSR count). The summed E-state index contributed by atoms with van der Waals surface area (Å²) in [6.45, 7) is 9.88. The maximum absolute atomic E-state index is 12.0. The minimum atomic E-state index is -0.341. The fourth-order valence-corrected chi connectivity index (χ4v) is 4.29. The molecule has 0 bridgehead atoms. The van der Waals surface area contributed by atoms with Crippen molar-refractivity contribution in [2.24, 2.45) is 5.10 Å². The van der Waals surface area contributed by atoms with Gasteiger partial charge in [0.25, 0.3) is 5.91 Å². The van der Waals surface area contributed by atoms with E-state index in [1.807, 2.05) is 6.07 Å². The zero-order chi connectivity index (χ0) is 21.0. The van der Waals surface area contributed by atoms with Crippen LogP contribution in [0, 0.1) is 0 Å². The second-order valence-electron chi connectivity index (χ2n) is 7.99. The van der Waals surface area contributed by atoms with E-state index in [2.05, 4.69) is 55.3 Å². The van der Waals surface area contributed by atoms with Crippen molar-refractivity contribution in [3.63, 3.8) is 0 Å². The number of amides is 1. The Morgan fingerprint density at radius 1 is 1.34 bits per heavy atom. The number of fused-ring (bicyclic) bond motifs is 1. The zero-order valence-electron chi connectivity index (χ0n) is 17.4. The number of ether oxygens (including phenoxy) is 1. The predicted molar refractivity (Wildman–Crippen MR) is 119 cm³/mol. The van der Waals surface area contributed by atoms with Crippen molar-refractivity contribution in [1.82, 2.24) is 5.43 Å². The summed E-state index contributed by atoms with van der Waals surface area (Å²) in [5.41, 5.74) is 6.21. The first-order valence-corrected chi connectivity index (χ1v) is 10.3. The molecule has 0 aromatic heterocycles. The number of benzene rings is 2. The molecule has 5 nitrogen and oxygen atoms in total. The molecule has 1 aliphatic heterocycles. The van der Waals surface area contributed by atoms with Crippen LogP contribution in [0.1, 0.15) is 51.2 Å². The smallest absolute Gasteiger partial charge is 0.277 e. The minimum Gasteiger partial charge on any atom is -0.482 e. The SMILES string of the molecule is CCN1c2ccc(/C=N/NC(=O)COc3ccccc3Cl)cc2[C@H](C)CC1(C)C. The highest BCUT2D eigenvalue weighted by molar-refractivity contribution is 6.32. The van der Waals surface area contributed by atoms with Gasteiger partial charge < -0.3 is 9.64 Å². The monoisotopic (exact) mass is 413 g/mol. The van der Waals surface area contributed by atoms with E-state index in [9.17, 15) is 4.79 Å². The highest BCUT2D eigenvalue weighted by Gasteiger charge is 2.35. The van der Waals surface area contributed by atoms with Gasteiger partial charge in [-0.05, 0) is 68.5 Å². The summed E-state index contributed by atoms with van der Waals surface area (Å²) in [5, 5.41) is 4.54. The molecule has 1 atom stereocenters. The summed E-state index contributed by atoms with van der Waals surface area (Å²) >= 11 is 6.01. The Morgan fingerprint density at radius 2 is 2.10 bits per heavy atom. The molecule has 0 saturated carbocycles. The van der Waals surface area contributed by atoms with Gasteiger partial charge >= 0.3 is 0 Å². The maximum Gasteiger partial charge on any atom is 0.277 e. The van der Waals surface area contributed by atoms with Crippen LogP contribution in [-0.2, 0) is 4.79 Å². The van der Waals surface area contributed by atoms with Gasteiger partial charge in [0.2, 0.25) is 0 Å². The van der Waals surface area contributed by atoms with Crippen LogP contribution in [0.4, 0.5) is 5.69 Å². The number of halogens is 1. The van der Waals surface area contributed by atoms with Crippen LogP contribution in [0.15, 0.2) is 47.6 Å². The number of hydrogen-bond donors (Lipinski definition) is 1. The predicted octanol–water partition coefficient (Wildman–Crippen LogP) is 4.98. The Bertz CT molecular complexity index is 911. The van der Waals surface area contributed by atoms with Crippen molar-refractivity contribution < 1.29 is 9.53 Å². The van der Waals surface area contributed by atoms with Crippen LogP contribution in [0.2, 0.25) is 5.02 Å². The molecular formula is C23H28ClN3O2. The van der Waals surface area contributed by atoms with Gasteiger partial charge in [-0.25, -0.2) is 5.43 Å². The number of carbonyl (C=O) groups excluding carboxylic acids is 1. The molecule has 1 heterocycles. The standard InChI is InChI=1S/C23H28ClN3O2/c1-5-27-20-11-10-17(12-18(20)16(2)13-23(27,3)4)14-25-26-22(28)15-29-21-9-7-6-8-19(21)24/h6-12,14,16H,5,13,15H2,1-4H3,(H,26,28)/b25-14+/t16-/m1/s1. The lowest BCUT2D eigenvalue weighted by molar-refractivity contribution is -0.123. The first kappa shape index (κ1) is 21.2. The molecule has 0 saturated heterocycles. The van der Waals surface area contributed by atoms with Gasteiger partial charge in [0.05, 0.1) is 11.2 Å². The average molecular weight is 414 g/mol. The maximum atomic E-state index is 12.0. The lowest BCUT2D eigenvalue weighted by Gasteiger charge is -2.47. The zero-order valence-corrected chi connectivity index (χ0v) is 18.2. The summed E-state index contributed by atoms with van der Waals surface area (Å²) in [6, 6.07) is 13.4. The fourth-order valence-electron chi connectivity index (χ4n) is 4.10. The van der Waals surface area contributed by atoms with E-state index in [-0.39, 0.29) is 18.1 Å². The summed E-state index contributed by atoms with van der Waals surface area (Å²) in [4.78, 5) is 14.4. The largest absolute Gasteiger partial charge is 0.482 e. The molecule has 2 aromatic carbocycles. The van der Waals surface area contributed by atoms with Crippen molar-refractivity contribution >= 4 is 29.4 Å². The molecule has 6 heteroatoms. The van der Waals surface area contributed by atoms with Gasteiger partial charge in [-0.1, -0.05) is 36.7 Å². The topological polar surface area (TPSA) is 53.9 Å². The van der Waals surface area contributed by atoms with E-state index in [4.69, 9.17) is 16.3 Å². The number of hydrazone groups is 1. The van der Waals surface area contributed by atoms with Crippen LogP contribution in [0.25, 0.3) is 0 Å². The van der Waals surface area contributed by atoms with E-state index >= 15 is 0 Å². The molecule has 0 fully saturated rings. The second kappa shape index (κ2) is 8.87. The lowest BCUT2D eigenvalue weighted by Crippen LogP contribution is -2.48. The van der Waals surface area contributed by atoms with E-state index in [1.165, 1.54) is 11.3 Å². The Balaban J connectivity index is 1.62. The van der Waals surface area contributed by atoms with Crippen molar-refractivity contribution in [3.05, 3.63) is 58.6 Å². The summed E-state index contributed by atoms with van der Waals surface area (Å²) in [7, 11) is 0. The normalized spacial score (nSPS) is 17.8. The Morgan fingerprint density at radius 3 is 2.83 bits per heavy atom. The van der Waals surface area contributed by atoms with Gasteiger partial charge in [0.15, 0.2) is 6.61 Å². The molecular weight excluding hydrogens is 386 g/mol. The lowest BCUT2D eigenvalue weighted by atomic mass is 9.79. The molecule has 0 unspecified atom stereocenters. The second-order valence-corrected chi connectivity index (χ2v) is 8.40. The molecule has 29 heavy (non-hydrogen) atoms. The molecule has 1 amide bonds. The van der Waals surface area contributed by atoms with Crippen LogP contribution in [0.5, 0.6) is 5.75 Å². The van der Waals surface area contributed by atoms with Crippen LogP contribution >= 0.6 is 11.6 Å². The third-order valence-corrected chi connectivity index (χ3v) is 5.64. The molecule has 2 aromatic rings. The van der Waals surface area contributed by atoms with Crippen LogP contribution in [0.3, 0.4) is 0 Å². The van der Waals surface area contributed by atoms with E-state index in [1.54, 1.807) is 30.5 Å². The number of nitrogens with one attached hydrogen (secondary N) is 1. The third-order valence-electron chi connectivity index (χ3n) is 5.32. The van der Waals surface area contributed by atoms with E-state index in [0.29, 0.717) is 16.7 Å². The van der Waals surface area contributed by atoms with E-state index in [0.717, 1.165) is 18.5 Å². The van der Waals surface area contributed by atoms with Gasteiger partial charge in [-0.2, -0.15) is 5.10 Å².